The lowest BCUT2D eigenvalue weighted by Gasteiger charge is -2.32. The smallest absolute Gasteiger partial charge is 0.408 e. The highest BCUT2D eigenvalue weighted by Gasteiger charge is 2.28. The third kappa shape index (κ3) is 8.30. The standard InChI is InChI=1S/C16H18F2N6O2S.C6H4ClF.CH4O/c1-3-12-10(11-4-6-24(22-11)15(17)18)8-20-13(14-19-5-7-27-14)23(12)9-21-16(25)26-2;7-5-2-1-3-6(8)4-5;1-2/h4-7,15H,3,8-9H2,1-2H3,(H,21,25);1-4H;2H,1H3. The van der Waals surface area contributed by atoms with Gasteiger partial charge in [0, 0.05) is 41.2 Å². The van der Waals surface area contributed by atoms with E-state index >= 15 is 0 Å². The third-order valence-corrected chi connectivity index (χ3v) is 5.75. The van der Waals surface area contributed by atoms with Crippen LogP contribution in [0.5, 0.6) is 0 Å². The Morgan fingerprint density at radius 2 is 2.08 bits per heavy atom. The molecule has 1 aliphatic heterocycles. The number of nitrogens with zero attached hydrogens (tertiary/aromatic N) is 5. The average Bonchev–Trinajstić information content (AvgIpc) is 3.61. The van der Waals surface area contributed by atoms with E-state index in [-0.39, 0.29) is 19.0 Å². The maximum atomic E-state index is 12.9. The molecule has 4 rings (SSSR count). The molecule has 0 unspecified atom stereocenters. The molecule has 1 aliphatic rings. The Hall–Kier alpha value is -3.42. The predicted octanol–water partition coefficient (Wildman–Crippen LogP) is 5.02. The number of hydrogen-bond acceptors (Lipinski definition) is 8. The summed E-state index contributed by atoms with van der Waals surface area (Å²) in [5.41, 5.74) is 1.98. The fraction of sp³-hybridized carbons (Fsp3) is 0.304. The Balaban J connectivity index is 0.000000406. The molecule has 0 radical (unpaired) electrons. The monoisotopic (exact) mass is 558 g/mol. The molecule has 1 aromatic carbocycles. The topological polar surface area (TPSA) is 105 Å². The minimum Gasteiger partial charge on any atom is -0.453 e. The number of carbonyl (C=O) groups is 1. The number of methoxy groups -OCH3 is 1. The number of rotatable bonds is 6. The highest BCUT2D eigenvalue weighted by Crippen LogP contribution is 2.29. The molecule has 1 amide bonds. The summed E-state index contributed by atoms with van der Waals surface area (Å²) in [5, 5.41) is 16.6. The Bertz CT molecular complexity index is 1190. The first-order valence-corrected chi connectivity index (χ1v) is 12.0. The van der Waals surface area contributed by atoms with Crippen LogP contribution in [0.4, 0.5) is 18.0 Å². The van der Waals surface area contributed by atoms with Gasteiger partial charge in [-0.3, -0.25) is 4.99 Å². The zero-order chi connectivity index (χ0) is 27.4. The lowest BCUT2D eigenvalue weighted by atomic mass is 10.1. The van der Waals surface area contributed by atoms with Crippen molar-refractivity contribution in [1.29, 1.82) is 0 Å². The van der Waals surface area contributed by atoms with Gasteiger partial charge in [0.15, 0.2) is 10.8 Å². The molecule has 2 N–H and O–H groups in total. The molecule has 2 aromatic heterocycles. The van der Waals surface area contributed by atoms with E-state index in [2.05, 4.69) is 25.1 Å². The number of thiazole rings is 1. The number of alkyl carbamates (subject to hydrolysis) is 1. The van der Waals surface area contributed by atoms with Crippen molar-refractivity contribution in [2.45, 2.75) is 19.9 Å². The molecule has 3 heterocycles. The zero-order valence-corrected chi connectivity index (χ0v) is 21.8. The van der Waals surface area contributed by atoms with Crippen LogP contribution in [0.25, 0.3) is 5.57 Å². The second kappa shape index (κ2) is 15.0. The number of ether oxygens (including phenoxy) is 1. The van der Waals surface area contributed by atoms with Gasteiger partial charge in [0.2, 0.25) is 0 Å². The molecule has 0 aliphatic carbocycles. The number of hydrogen-bond donors (Lipinski definition) is 2. The number of aliphatic hydroxyl groups is 1. The summed E-state index contributed by atoms with van der Waals surface area (Å²) in [6, 6.07) is 7.35. The fourth-order valence-corrected chi connectivity index (χ4v) is 4.05. The number of benzene rings is 1. The summed E-state index contributed by atoms with van der Waals surface area (Å²) in [4.78, 5) is 22.2. The number of allylic oxidation sites excluding steroid dienone is 1. The normalized spacial score (nSPS) is 12.8. The Kier molecular flexibility index (Phi) is 12.1. The summed E-state index contributed by atoms with van der Waals surface area (Å²) in [5.74, 6) is 0.313. The lowest BCUT2D eigenvalue weighted by Crippen LogP contribution is -2.43. The van der Waals surface area contributed by atoms with Crippen LogP contribution in [0.15, 0.2) is 58.8 Å². The van der Waals surface area contributed by atoms with Crippen LogP contribution < -0.4 is 5.32 Å². The number of amidine groups is 1. The van der Waals surface area contributed by atoms with Crippen molar-refractivity contribution < 1.29 is 27.8 Å². The number of aliphatic hydroxyl groups excluding tert-OH is 1. The third-order valence-electron chi connectivity index (χ3n) is 4.75. The molecule has 3 aromatic rings. The average molecular weight is 559 g/mol. The maximum absolute atomic E-state index is 12.9. The van der Waals surface area contributed by atoms with E-state index in [0.29, 0.717) is 32.7 Å². The second-order valence-corrected chi connectivity index (χ2v) is 8.24. The van der Waals surface area contributed by atoms with Gasteiger partial charge in [0.25, 0.3) is 0 Å². The van der Waals surface area contributed by atoms with Gasteiger partial charge in [-0.2, -0.15) is 13.9 Å². The number of carbonyl (C=O) groups excluding carboxylic acids is 1. The summed E-state index contributed by atoms with van der Waals surface area (Å²) in [7, 11) is 2.28. The number of aromatic nitrogens is 3. The van der Waals surface area contributed by atoms with E-state index in [1.807, 2.05) is 12.3 Å². The summed E-state index contributed by atoms with van der Waals surface area (Å²) >= 11 is 6.83. The first-order valence-electron chi connectivity index (χ1n) is 10.8. The molecule has 9 nitrogen and oxygen atoms in total. The molecular formula is C23H26ClF3N6O3S. The van der Waals surface area contributed by atoms with E-state index in [1.165, 1.54) is 42.8 Å². The first kappa shape index (κ1) is 29.8. The Morgan fingerprint density at radius 3 is 2.59 bits per heavy atom. The van der Waals surface area contributed by atoms with Crippen LogP contribution in [0.3, 0.4) is 0 Å². The molecule has 0 atom stereocenters. The van der Waals surface area contributed by atoms with Gasteiger partial charge in [-0.1, -0.05) is 24.6 Å². The molecular weight excluding hydrogens is 533 g/mol. The lowest BCUT2D eigenvalue weighted by molar-refractivity contribution is 0.0564. The number of amides is 1. The molecule has 200 valence electrons. The number of halogens is 4. The van der Waals surface area contributed by atoms with Crippen LogP contribution in [-0.2, 0) is 4.74 Å². The highest BCUT2D eigenvalue weighted by molar-refractivity contribution is 7.11. The van der Waals surface area contributed by atoms with E-state index < -0.39 is 12.6 Å². The van der Waals surface area contributed by atoms with Crippen molar-refractivity contribution in [3.05, 3.63) is 75.3 Å². The van der Waals surface area contributed by atoms with Crippen molar-refractivity contribution in [3.8, 4) is 0 Å². The minimum atomic E-state index is -2.71. The second-order valence-electron chi connectivity index (χ2n) is 6.91. The predicted molar refractivity (Wildman–Crippen MR) is 136 cm³/mol. The zero-order valence-electron chi connectivity index (χ0n) is 20.2. The molecule has 14 heteroatoms. The van der Waals surface area contributed by atoms with Gasteiger partial charge in [0.1, 0.15) is 5.82 Å². The van der Waals surface area contributed by atoms with Gasteiger partial charge in [0.05, 0.1) is 26.0 Å². The van der Waals surface area contributed by atoms with Crippen molar-refractivity contribution in [3.63, 3.8) is 0 Å². The van der Waals surface area contributed by atoms with Gasteiger partial charge >= 0.3 is 12.6 Å². The van der Waals surface area contributed by atoms with E-state index in [9.17, 15) is 18.0 Å². The SMILES string of the molecule is CCC1=C(c2ccn(C(F)F)n2)CN=C(c2nccs2)N1CNC(=O)OC.CO.Fc1cccc(Cl)c1. The van der Waals surface area contributed by atoms with Crippen LogP contribution in [0, 0.1) is 5.82 Å². The van der Waals surface area contributed by atoms with Gasteiger partial charge in [-0.05, 0) is 30.7 Å². The van der Waals surface area contributed by atoms with Crippen LogP contribution in [0.1, 0.15) is 30.6 Å². The number of alkyl halides is 2. The molecule has 0 spiro atoms. The van der Waals surface area contributed by atoms with Gasteiger partial charge in [-0.15, -0.1) is 11.3 Å². The van der Waals surface area contributed by atoms with Crippen molar-refractivity contribution in [2.75, 3.05) is 27.4 Å². The van der Waals surface area contributed by atoms with Crippen LogP contribution >= 0.6 is 22.9 Å². The molecule has 0 bridgehead atoms. The first-order chi connectivity index (χ1) is 17.8. The van der Waals surface area contributed by atoms with Gasteiger partial charge in [-0.25, -0.2) is 18.9 Å². The molecule has 0 fully saturated rings. The Labute approximate surface area is 220 Å². The molecule has 0 saturated carbocycles. The summed E-state index contributed by atoms with van der Waals surface area (Å²) in [6.45, 7) is -0.380. The summed E-state index contributed by atoms with van der Waals surface area (Å²) in [6.07, 6.45) is 2.91. The largest absolute Gasteiger partial charge is 0.453 e. The fourth-order valence-electron chi connectivity index (χ4n) is 3.23. The minimum absolute atomic E-state index is 0.104. The molecule has 0 saturated heterocycles. The van der Waals surface area contributed by atoms with Crippen LogP contribution in [0.2, 0.25) is 5.02 Å². The van der Waals surface area contributed by atoms with Crippen molar-refractivity contribution in [1.82, 2.24) is 25.0 Å². The van der Waals surface area contributed by atoms with Gasteiger partial charge < -0.3 is 20.1 Å². The quantitative estimate of drug-likeness (QED) is 0.440. The summed E-state index contributed by atoms with van der Waals surface area (Å²) < 4.78 is 43.1. The number of aliphatic imine (C=N–C) groups is 1. The highest BCUT2D eigenvalue weighted by atomic mass is 35.5. The molecule has 37 heavy (non-hydrogen) atoms. The van der Waals surface area contributed by atoms with E-state index in [1.54, 1.807) is 23.2 Å². The van der Waals surface area contributed by atoms with Crippen molar-refractivity contribution in [2.24, 2.45) is 4.99 Å². The Morgan fingerprint density at radius 1 is 1.32 bits per heavy atom. The van der Waals surface area contributed by atoms with E-state index in [0.717, 1.165) is 18.4 Å². The van der Waals surface area contributed by atoms with Crippen molar-refractivity contribution >= 4 is 40.4 Å². The number of nitrogens with one attached hydrogen (secondary N) is 1. The maximum Gasteiger partial charge on any atom is 0.408 e. The van der Waals surface area contributed by atoms with E-state index in [4.69, 9.17) is 16.7 Å². The van der Waals surface area contributed by atoms with Crippen LogP contribution in [-0.4, -0.2) is 64.1 Å².